The van der Waals surface area contributed by atoms with E-state index in [1.807, 2.05) is 13.0 Å². The van der Waals surface area contributed by atoms with Gasteiger partial charge in [-0.15, -0.1) is 0 Å². The van der Waals surface area contributed by atoms with Gasteiger partial charge in [-0.25, -0.2) is 0 Å². The molecule has 0 aromatic heterocycles. The van der Waals surface area contributed by atoms with Gasteiger partial charge in [-0.3, -0.25) is 4.79 Å². The standard InChI is InChI=1S/C11H13O3/c1-8(7-12)10-4-3-5-11(6-10)14-9(2)13/h3-6,12H,7H2,1-2H3. The zero-order valence-corrected chi connectivity index (χ0v) is 8.28. The number of benzene rings is 1. The number of esters is 1. The lowest BCUT2D eigenvalue weighted by molar-refractivity contribution is -0.131. The average Bonchev–Trinajstić information content (AvgIpc) is 2.16. The van der Waals surface area contributed by atoms with E-state index in [9.17, 15) is 4.79 Å². The van der Waals surface area contributed by atoms with E-state index < -0.39 is 0 Å². The highest BCUT2D eigenvalue weighted by molar-refractivity contribution is 5.69. The van der Waals surface area contributed by atoms with Crippen molar-refractivity contribution in [2.75, 3.05) is 6.61 Å². The van der Waals surface area contributed by atoms with Crippen molar-refractivity contribution in [3.63, 3.8) is 0 Å². The molecule has 0 unspecified atom stereocenters. The topological polar surface area (TPSA) is 46.5 Å². The summed E-state index contributed by atoms with van der Waals surface area (Å²) in [7, 11) is 0. The van der Waals surface area contributed by atoms with Gasteiger partial charge in [0.15, 0.2) is 0 Å². The minimum absolute atomic E-state index is 0.00350. The number of rotatable bonds is 3. The Morgan fingerprint density at radius 2 is 2.14 bits per heavy atom. The zero-order valence-electron chi connectivity index (χ0n) is 8.28. The van der Waals surface area contributed by atoms with Gasteiger partial charge in [0.1, 0.15) is 5.75 Å². The maximum Gasteiger partial charge on any atom is 0.308 e. The Kier molecular flexibility index (Phi) is 3.65. The van der Waals surface area contributed by atoms with Crippen molar-refractivity contribution in [1.82, 2.24) is 0 Å². The van der Waals surface area contributed by atoms with Gasteiger partial charge in [0, 0.05) is 12.8 Å². The second-order valence-corrected chi connectivity index (χ2v) is 3.06. The molecule has 0 aliphatic rings. The number of aliphatic hydroxyl groups excluding tert-OH is 1. The molecule has 0 aliphatic heterocycles. The first-order valence-corrected chi connectivity index (χ1v) is 4.35. The van der Waals surface area contributed by atoms with Crippen LogP contribution in [0, 0.1) is 5.92 Å². The van der Waals surface area contributed by atoms with Gasteiger partial charge in [0.25, 0.3) is 0 Å². The molecule has 1 N–H and O–H groups in total. The normalized spacial score (nSPS) is 10.3. The molecule has 0 atom stereocenters. The van der Waals surface area contributed by atoms with Gasteiger partial charge in [-0.1, -0.05) is 19.1 Å². The minimum atomic E-state index is -0.344. The summed E-state index contributed by atoms with van der Waals surface area (Å²) in [6, 6.07) is 7.08. The quantitative estimate of drug-likeness (QED) is 0.585. The summed E-state index contributed by atoms with van der Waals surface area (Å²) in [6.07, 6.45) is 0. The van der Waals surface area contributed by atoms with Crippen LogP contribution in [0.2, 0.25) is 0 Å². The number of hydrogen-bond donors (Lipinski definition) is 1. The Labute approximate surface area is 83.3 Å². The van der Waals surface area contributed by atoms with Crippen molar-refractivity contribution in [2.45, 2.75) is 13.8 Å². The van der Waals surface area contributed by atoms with E-state index >= 15 is 0 Å². The molecule has 0 bridgehead atoms. The summed E-state index contributed by atoms with van der Waals surface area (Å²) in [4.78, 5) is 10.7. The van der Waals surface area contributed by atoms with E-state index in [0.717, 1.165) is 11.5 Å². The van der Waals surface area contributed by atoms with Gasteiger partial charge in [-0.05, 0) is 17.7 Å². The van der Waals surface area contributed by atoms with Crippen LogP contribution in [0.25, 0.3) is 0 Å². The van der Waals surface area contributed by atoms with E-state index in [4.69, 9.17) is 9.84 Å². The molecule has 0 heterocycles. The smallest absolute Gasteiger partial charge is 0.308 e. The van der Waals surface area contributed by atoms with Crippen LogP contribution in [-0.2, 0) is 4.79 Å². The van der Waals surface area contributed by atoms with Crippen LogP contribution >= 0.6 is 0 Å². The lowest BCUT2D eigenvalue weighted by Crippen LogP contribution is -2.03. The fraction of sp³-hybridized carbons (Fsp3) is 0.273. The molecular formula is C11H13O3. The molecule has 1 rings (SSSR count). The molecule has 14 heavy (non-hydrogen) atoms. The number of aliphatic hydroxyl groups is 1. The summed E-state index contributed by atoms with van der Waals surface area (Å²) in [5, 5.41) is 8.92. The molecule has 1 radical (unpaired) electrons. The maximum atomic E-state index is 10.7. The van der Waals surface area contributed by atoms with Crippen LogP contribution in [0.1, 0.15) is 19.4 Å². The second-order valence-electron chi connectivity index (χ2n) is 3.06. The molecule has 3 nitrogen and oxygen atoms in total. The van der Waals surface area contributed by atoms with E-state index in [2.05, 4.69) is 0 Å². The number of ether oxygens (including phenoxy) is 1. The molecule has 3 heteroatoms. The highest BCUT2D eigenvalue weighted by Crippen LogP contribution is 2.19. The minimum Gasteiger partial charge on any atom is -0.427 e. The highest BCUT2D eigenvalue weighted by Gasteiger charge is 2.06. The first-order chi connectivity index (χ1) is 6.63. The molecule has 0 spiro atoms. The predicted molar refractivity (Wildman–Crippen MR) is 52.9 cm³/mol. The SMILES string of the molecule is C[C](CO)c1cccc(OC(C)=O)c1. The largest absolute Gasteiger partial charge is 0.427 e. The van der Waals surface area contributed by atoms with Crippen LogP contribution < -0.4 is 4.74 Å². The van der Waals surface area contributed by atoms with Gasteiger partial charge in [0.05, 0.1) is 6.61 Å². The van der Waals surface area contributed by atoms with Crippen molar-refractivity contribution in [1.29, 1.82) is 0 Å². The molecule has 0 saturated carbocycles. The molecule has 0 fully saturated rings. The summed E-state index contributed by atoms with van der Waals surface area (Å²) in [6.45, 7) is 3.19. The molecular weight excluding hydrogens is 180 g/mol. The van der Waals surface area contributed by atoms with Crippen molar-refractivity contribution in [2.24, 2.45) is 0 Å². The van der Waals surface area contributed by atoms with E-state index in [0.29, 0.717) is 5.75 Å². The van der Waals surface area contributed by atoms with Crippen molar-refractivity contribution < 1.29 is 14.6 Å². The van der Waals surface area contributed by atoms with Gasteiger partial charge in [-0.2, -0.15) is 0 Å². The second kappa shape index (κ2) is 4.77. The zero-order chi connectivity index (χ0) is 10.6. The third kappa shape index (κ3) is 2.85. The van der Waals surface area contributed by atoms with Gasteiger partial charge < -0.3 is 9.84 Å². The lowest BCUT2D eigenvalue weighted by Gasteiger charge is -2.08. The lowest BCUT2D eigenvalue weighted by atomic mass is 10.0. The van der Waals surface area contributed by atoms with E-state index in [1.54, 1.807) is 18.2 Å². The molecule has 0 aliphatic carbocycles. The van der Waals surface area contributed by atoms with E-state index in [1.165, 1.54) is 6.92 Å². The third-order valence-corrected chi connectivity index (χ3v) is 1.83. The fourth-order valence-corrected chi connectivity index (χ4v) is 1.08. The Morgan fingerprint density at radius 3 is 2.71 bits per heavy atom. The monoisotopic (exact) mass is 193 g/mol. The number of carbonyl (C=O) groups is 1. The van der Waals surface area contributed by atoms with Crippen LogP contribution in [0.5, 0.6) is 5.75 Å². The molecule has 1 aromatic rings. The molecule has 0 saturated heterocycles. The Bertz CT molecular complexity index is 320. The first-order valence-electron chi connectivity index (χ1n) is 4.35. The predicted octanol–water partition coefficient (Wildman–Crippen LogP) is 1.55. The fourth-order valence-electron chi connectivity index (χ4n) is 1.08. The van der Waals surface area contributed by atoms with Crippen LogP contribution in [0.3, 0.4) is 0 Å². The Hall–Kier alpha value is -1.35. The van der Waals surface area contributed by atoms with Crippen molar-refractivity contribution >= 4 is 5.97 Å². The van der Waals surface area contributed by atoms with E-state index in [-0.39, 0.29) is 12.6 Å². The first kappa shape index (κ1) is 10.7. The molecule has 1 aromatic carbocycles. The van der Waals surface area contributed by atoms with Crippen LogP contribution in [-0.4, -0.2) is 17.7 Å². The Balaban J connectivity index is 2.83. The summed E-state index contributed by atoms with van der Waals surface area (Å²) in [5.41, 5.74) is 0.881. The van der Waals surface area contributed by atoms with Crippen LogP contribution in [0.4, 0.5) is 0 Å². The molecule has 75 valence electrons. The summed E-state index contributed by atoms with van der Waals surface area (Å²) >= 11 is 0. The average molecular weight is 193 g/mol. The number of hydrogen-bond acceptors (Lipinski definition) is 3. The van der Waals surface area contributed by atoms with Crippen molar-refractivity contribution in [3.8, 4) is 5.75 Å². The highest BCUT2D eigenvalue weighted by atomic mass is 16.5. The maximum absolute atomic E-state index is 10.7. The van der Waals surface area contributed by atoms with Crippen LogP contribution in [0.15, 0.2) is 24.3 Å². The van der Waals surface area contributed by atoms with Gasteiger partial charge >= 0.3 is 5.97 Å². The summed E-state index contributed by atoms with van der Waals surface area (Å²) < 4.78 is 4.92. The van der Waals surface area contributed by atoms with Gasteiger partial charge in [0.2, 0.25) is 0 Å². The number of carbonyl (C=O) groups excluding carboxylic acids is 1. The Morgan fingerprint density at radius 1 is 1.43 bits per heavy atom. The third-order valence-electron chi connectivity index (χ3n) is 1.83. The summed E-state index contributed by atoms with van der Waals surface area (Å²) in [5.74, 6) is 1.01. The van der Waals surface area contributed by atoms with Crippen molar-refractivity contribution in [3.05, 3.63) is 35.7 Å². The molecule has 0 amide bonds.